The molecule has 0 radical (unpaired) electrons. The van der Waals surface area contributed by atoms with Crippen molar-refractivity contribution in [2.75, 3.05) is 31.8 Å². The van der Waals surface area contributed by atoms with Crippen molar-refractivity contribution in [1.82, 2.24) is 15.1 Å². The molecule has 29 heavy (non-hydrogen) atoms. The number of methoxy groups -OCH3 is 1. The monoisotopic (exact) mass is 404 g/mol. The minimum atomic E-state index is -1.00. The van der Waals surface area contributed by atoms with E-state index in [9.17, 15) is 14.0 Å². The first kappa shape index (κ1) is 20.8. The third-order valence-corrected chi connectivity index (χ3v) is 4.94. The van der Waals surface area contributed by atoms with E-state index in [1.165, 1.54) is 12.1 Å². The van der Waals surface area contributed by atoms with Gasteiger partial charge >= 0.3 is 5.97 Å². The second-order valence-electron chi connectivity index (χ2n) is 6.98. The number of hydrogen-bond acceptors (Lipinski definition) is 6. The summed E-state index contributed by atoms with van der Waals surface area (Å²) in [4.78, 5) is 27.0. The fourth-order valence-electron chi connectivity index (χ4n) is 3.39. The summed E-state index contributed by atoms with van der Waals surface area (Å²) in [5, 5.41) is 7.21. The van der Waals surface area contributed by atoms with Crippen LogP contribution in [0, 0.1) is 5.82 Å². The van der Waals surface area contributed by atoms with Gasteiger partial charge in [0.05, 0.1) is 32.0 Å². The predicted molar refractivity (Wildman–Crippen MR) is 104 cm³/mol. The Morgan fingerprint density at radius 2 is 2.03 bits per heavy atom. The molecule has 0 aliphatic carbocycles. The number of ether oxygens (including phenoxy) is 2. The maximum Gasteiger partial charge on any atom is 0.358 e. The molecular weight excluding hydrogens is 379 g/mol. The van der Waals surface area contributed by atoms with E-state index in [-0.39, 0.29) is 30.6 Å². The Morgan fingerprint density at radius 1 is 1.31 bits per heavy atom. The summed E-state index contributed by atoms with van der Waals surface area (Å²) in [6, 6.07) is 7.64. The molecule has 1 atom stereocenters. The molecule has 0 spiro atoms. The quantitative estimate of drug-likeness (QED) is 0.559. The number of nitrogens with one attached hydrogen (secondary N) is 1. The van der Waals surface area contributed by atoms with Gasteiger partial charge in [-0.05, 0) is 44.2 Å². The summed E-state index contributed by atoms with van der Waals surface area (Å²) in [5.41, 5.74) is 0.654. The Bertz CT molecular complexity index is 883. The van der Waals surface area contributed by atoms with E-state index in [0.717, 1.165) is 5.69 Å². The van der Waals surface area contributed by atoms with Crippen LogP contribution in [0.5, 0.6) is 0 Å². The average Bonchev–Trinajstić information content (AvgIpc) is 3.11. The number of carbonyl (C=O) groups excluding carboxylic acids is 2. The number of aromatic nitrogens is 2. The van der Waals surface area contributed by atoms with E-state index in [4.69, 9.17) is 9.47 Å². The third kappa shape index (κ3) is 4.24. The highest BCUT2D eigenvalue weighted by Gasteiger charge is 2.44. The molecule has 1 unspecified atom stereocenters. The first-order chi connectivity index (χ1) is 13.9. The van der Waals surface area contributed by atoms with Crippen LogP contribution in [0.1, 0.15) is 30.0 Å². The highest BCUT2D eigenvalue weighted by atomic mass is 19.1. The third-order valence-electron chi connectivity index (χ3n) is 4.94. The molecule has 1 amide bonds. The van der Waals surface area contributed by atoms with E-state index in [2.05, 4.69) is 10.4 Å². The summed E-state index contributed by atoms with van der Waals surface area (Å²) in [7, 11) is 1.56. The highest BCUT2D eigenvalue weighted by Crippen LogP contribution is 2.33. The van der Waals surface area contributed by atoms with Crippen LogP contribution >= 0.6 is 0 Å². The lowest BCUT2D eigenvalue weighted by Crippen LogP contribution is -2.62. The number of esters is 1. The van der Waals surface area contributed by atoms with Crippen LogP contribution in [0.2, 0.25) is 0 Å². The molecule has 1 aromatic carbocycles. The van der Waals surface area contributed by atoms with Gasteiger partial charge in [0, 0.05) is 19.3 Å². The van der Waals surface area contributed by atoms with Crippen LogP contribution in [-0.2, 0) is 27.4 Å². The molecule has 8 nitrogen and oxygen atoms in total. The number of anilines is 1. The molecular formula is C20H25FN4O4. The number of fused-ring (bicyclic) bond motifs is 1. The predicted octanol–water partition coefficient (Wildman–Crippen LogP) is 1.74. The molecule has 0 bridgehead atoms. The van der Waals surface area contributed by atoms with Crippen molar-refractivity contribution in [2.24, 2.45) is 0 Å². The number of carbonyl (C=O) groups is 2. The summed E-state index contributed by atoms with van der Waals surface area (Å²) in [6.45, 7) is 5.08. The molecule has 0 saturated carbocycles. The number of nitrogens with zero attached hydrogens (tertiary/aromatic N) is 3. The molecule has 9 heteroatoms. The van der Waals surface area contributed by atoms with Crippen LogP contribution in [0.15, 0.2) is 30.3 Å². The second-order valence-corrected chi connectivity index (χ2v) is 6.98. The van der Waals surface area contributed by atoms with E-state index >= 15 is 0 Å². The van der Waals surface area contributed by atoms with Crippen LogP contribution in [0.25, 0.3) is 0 Å². The zero-order valence-electron chi connectivity index (χ0n) is 16.8. The lowest BCUT2D eigenvalue weighted by molar-refractivity contribution is -0.127. The molecule has 1 N–H and O–H groups in total. The standard InChI is InChI=1S/C20H25FN4O4/c1-4-29-18(26)17-11-16-12-24(15-7-5-14(21)6-8-15)20(2,13-25(16)23-17)19(27)22-9-10-28-3/h5-8,11H,4,9-10,12-13H2,1-3H3,(H,22,27). The maximum atomic E-state index is 13.4. The normalized spacial score (nSPS) is 18.3. The Labute approximate surface area is 168 Å². The van der Waals surface area contributed by atoms with Crippen molar-refractivity contribution < 1.29 is 23.5 Å². The van der Waals surface area contributed by atoms with Gasteiger partial charge in [0.2, 0.25) is 5.91 Å². The van der Waals surface area contributed by atoms with E-state index < -0.39 is 11.5 Å². The van der Waals surface area contributed by atoms with Crippen molar-refractivity contribution in [3.05, 3.63) is 47.5 Å². The van der Waals surface area contributed by atoms with Crippen LogP contribution < -0.4 is 10.2 Å². The van der Waals surface area contributed by atoms with E-state index in [0.29, 0.717) is 25.4 Å². The van der Waals surface area contributed by atoms with Gasteiger partial charge in [0.25, 0.3) is 0 Å². The molecule has 0 saturated heterocycles. The van der Waals surface area contributed by atoms with Gasteiger partial charge in [-0.15, -0.1) is 0 Å². The van der Waals surface area contributed by atoms with Crippen LogP contribution in [-0.4, -0.2) is 54.1 Å². The van der Waals surface area contributed by atoms with Crippen LogP contribution in [0.4, 0.5) is 10.1 Å². The molecule has 1 aromatic heterocycles. The average molecular weight is 404 g/mol. The lowest BCUT2D eigenvalue weighted by Gasteiger charge is -2.45. The van der Waals surface area contributed by atoms with Crippen molar-refractivity contribution in [3.63, 3.8) is 0 Å². The Hall–Kier alpha value is -2.94. The van der Waals surface area contributed by atoms with Crippen LogP contribution in [0.3, 0.4) is 0 Å². The fraction of sp³-hybridized carbons (Fsp3) is 0.450. The Balaban J connectivity index is 1.96. The van der Waals surface area contributed by atoms with Gasteiger partial charge in [-0.3, -0.25) is 9.48 Å². The summed E-state index contributed by atoms with van der Waals surface area (Å²) in [6.07, 6.45) is 0. The molecule has 0 fully saturated rings. The Kier molecular flexibility index (Phi) is 6.17. The minimum Gasteiger partial charge on any atom is -0.461 e. The Morgan fingerprint density at radius 3 is 2.69 bits per heavy atom. The minimum absolute atomic E-state index is 0.199. The van der Waals surface area contributed by atoms with Gasteiger partial charge in [0.15, 0.2) is 5.69 Å². The van der Waals surface area contributed by atoms with Gasteiger partial charge < -0.3 is 19.7 Å². The van der Waals surface area contributed by atoms with Crippen molar-refractivity contribution >= 4 is 17.6 Å². The number of benzene rings is 1. The summed E-state index contributed by atoms with van der Waals surface area (Å²) in [5.74, 6) is -1.07. The van der Waals surface area contributed by atoms with Gasteiger partial charge in [0.1, 0.15) is 11.4 Å². The molecule has 2 heterocycles. The maximum absolute atomic E-state index is 13.4. The first-order valence-electron chi connectivity index (χ1n) is 9.43. The number of rotatable bonds is 7. The van der Waals surface area contributed by atoms with E-state index in [1.807, 2.05) is 4.90 Å². The molecule has 3 rings (SSSR count). The summed E-state index contributed by atoms with van der Waals surface area (Å²) >= 11 is 0. The van der Waals surface area contributed by atoms with E-state index in [1.54, 1.807) is 43.8 Å². The topological polar surface area (TPSA) is 85.7 Å². The number of amides is 1. The van der Waals surface area contributed by atoms with Gasteiger partial charge in [-0.1, -0.05) is 0 Å². The van der Waals surface area contributed by atoms with Crippen molar-refractivity contribution in [1.29, 1.82) is 0 Å². The zero-order valence-corrected chi connectivity index (χ0v) is 16.8. The fourth-order valence-corrected chi connectivity index (χ4v) is 3.39. The largest absolute Gasteiger partial charge is 0.461 e. The SMILES string of the molecule is CCOC(=O)c1cc2n(n1)CC(C)(C(=O)NCCOC)N(c1ccc(F)cc1)C2. The van der Waals surface area contributed by atoms with Crippen molar-refractivity contribution in [3.8, 4) is 0 Å². The van der Waals surface area contributed by atoms with Gasteiger partial charge in [-0.2, -0.15) is 5.10 Å². The number of halogens is 1. The highest BCUT2D eigenvalue weighted by molar-refractivity contribution is 5.90. The molecule has 2 aromatic rings. The van der Waals surface area contributed by atoms with Crippen molar-refractivity contribution in [2.45, 2.75) is 32.5 Å². The van der Waals surface area contributed by atoms with Gasteiger partial charge in [-0.25, -0.2) is 9.18 Å². The second kappa shape index (κ2) is 8.60. The zero-order chi connectivity index (χ0) is 21.0. The lowest BCUT2D eigenvalue weighted by atomic mass is 9.94. The number of hydrogen-bond donors (Lipinski definition) is 1. The molecule has 1 aliphatic heterocycles. The molecule has 156 valence electrons. The first-order valence-corrected chi connectivity index (χ1v) is 9.43. The molecule has 1 aliphatic rings. The smallest absolute Gasteiger partial charge is 0.358 e. The summed E-state index contributed by atoms with van der Waals surface area (Å²) < 4.78 is 25.1.